The van der Waals surface area contributed by atoms with Gasteiger partial charge in [0.25, 0.3) is 0 Å². The quantitative estimate of drug-likeness (QED) is 0.267. The second-order valence-electron chi connectivity index (χ2n) is 10.9. The fraction of sp³-hybridized carbons (Fsp3) is 0.353. The fourth-order valence-corrected chi connectivity index (χ4v) is 6.02. The summed E-state index contributed by atoms with van der Waals surface area (Å²) in [6.45, 7) is 2.05. The van der Waals surface area contributed by atoms with E-state index < -0.39 is 17.8 Å². The van der Waals surface area contributed by atoms with E-state index >= 15 is 0 Å². The van der Waals surface area contributed by atoms with Crippen LogP contribution in [0.3, 0.4) is 0 Å². The van der Waals surface area contributed by atoms with E-state index in [2.05, 4.69) is 5.32 Å². The van der Waals surface area contributed by atoms with Crippen LogP contribution in [-0.4, -0.2) is 25.9 Å². The molecule has 2 atom stereocenters. The molecule has 0 radical (unpaired) electrons. The van der Waals surface area contributed by atoms with Crippen molar-refractivity contribution in [2.75, 3.05) is 24.4 Å². The number of nitrogens with one attached hydrogen (secondary N) is 1. The second kappa shape index (κ2) is 12.5. The Kier molecular flexibility index (Phi) is 8.80. The van der Waals surface area contributed by atoms with Crippen LogP contribution in [0, 0.1) is 0 Å². The molecule has 1 aliphatic carbocycles. The summed E-state index contributed by atoms with van der Waals surface area (Å²) in [5.74, 6) is 0.590. The summed E-state index contributed by atoms with van der Waals surface area (Å²) in [7, 11) is 3.11. The van der Waals surface area contributed by atoms with Gasteiger partial charge in [-0.05, 0) is 66.3 Å². The largest absolute Gasteiger partial charge is 0.493 e. The Labute approximate surface area is 249 Å². The topological polar surface area (TPSA) is 67.9 Å². The highest BCUT2D eigenvalue weighted by Gasteiger charge is 2.42. The Morgan fingerprint density at radius 1 is 0.930 bits per heavy atom. The number of halogens is 3. The van der Waals surface area contributed by atoms with Crippen molar-refractivity contribution >= 4 is 23.1 Å². The van der Waals surface area contributed by atoms with Gasteiger partial charge in [-0.3, -0.25) is 14.5 Å². The number of amides is 1. The Morgan fingerprint density at radius 2 is 1.63 bits per heavy atom. The van der Waals surface area contributed by atoms with Gasteiger partial charge >= 0.3 is 6.18 Å². The number of allylic oxidation sites excluding steroid dienone is 1. The van der Waals surface area contributed by atoms with E-state index in [1.165, 1.54) is 12.1 Å². The predicted molar refractivity (Wildman–Crippen MR) is 159 cm³/mol. The number of nitrogens with zero attached hydrogens (tertiary/aromatic N) is 1. The van der Waals surface area contributed by atoms with Crippen molar-refractivity contribution in [3.8, 4) is 11.5 Å². The minimum atomic E-state index is -4.51. The molecule has 6 nitrogen and oxygen atoms in total. The maximum atomic E-state index is 14.2. The highest BCUT2D eigenvalue weighted by molar-refractivity contribution is 6.06. The molecule has 1 N–H and O–H groups in total. The van der Waals surface area contributed by atoms with E-state index in [1.807, 2.05) is 43.3 Å². The first-order valence-corrected chi connectivity index (χ1v) is 14.5. The first kappa shape index (κ1) is 30.2. The lowest BCUT2D eigenvalue weighted by Gasteiger charge is -2.35. The molecule has 0 fully saturated rings. The number of hydrogen-bond donors (Lipinski definition) is 1. The summed E-state index contributed by atoms with van der Waals surface area (Å²) in [6, 6.07) is 16.8. The second-order valence-corrected chi connectivity index (χ2v) is 10.9. The lowest BCUT2D eigenvalue weighted by molar-refractivity contribution is -0.137. The number of Topliss-reactive ketones (excluding diaryl/α,β-unsaturated/α-hetero) is 1. The van der Waals surface area contributed by atoms with Gasteiger partial charge in [0.05, 0.1) is 37.2 Å². The third-order valence-electron chi connectivity index (χ3n) is 8.18. The fourth-order valence-electron chi connectivity index (χ4n) is 6.02. The van der Waals surface area contributed by atoms with Crippen LogP contribution < -0.4 is 19.7 Å². The Hall–Kier alpha value is -4.27. The van der Waals surface area contributed by atoms with Crippen LogP contribution in [0.15, 0.2) is 78.0 Å². The Morgan fingerprint density at radius 3 is 2.30 bits per heavy atom. The first-order valence-electron chi connectivity index (χ1n) is 14.5. The summed E-state index contributed by atoms with van der Waals surface area (Å²) in [6.07, 6.45) is -1.17. The molecule has 1 aliphatic heterocycles. The molecule has 43 heavy (non-hydrogen) atoms. The summed E-state index contributed by atoms with van der Waals surface area (Å²) in [5, 5.41) is 3.46. The van der Waals surface area contributed by atoms with Crippen LogP contribution in [-0.2, 0) is 15.8 Å². The SMILES string of the molecule is CCCCCC(=O)N1c2ccccc2NC2=C(C(=O)C[C@@H](c3ccc(OC)c(OC)c3)C2)[C@H]1c1ccc(C(F)(F)F)cc1. The van der Waals surface area contributed by atoms with Crippen molar-refractivity contribution in [2.45, 2.75) is 63.6 Å². The van der Waals surface area contributed by atoms with Gasteiger partial charge in [-0.2, -0.15) is 13.2 Å². The molecule has 0 bridgehead atoms. The zero-order valence-corrected chi connectivity index (χ0v) is 24.5. The number of ketones is 1. The number of para-hydroxylation sites is 2. The van der Waals surface area contributed by atoms with Gasteiger partial charge in [0.2, 0.25) is 5.91 Å². The molecule has 0 spiro atoms. The number of rotatable bonds is 8. The Bertz CT molecular complexity index is 1530. The molecule has 0 unspecified atom stereocenters. The minimum Gasteiger partial charge on any atom is -0.493 e. The van der Waals surface area contributed by atoms with Crippen molar-refractivity contribution in [3.63, 3.8) is 0 Å². The van der Waals surface area contributed by atoms with E-state index in [0.717, 1.165) is 30.5 Å². The number of methoxy groups -OCH3 is 2. The molecular formula is C34H35F3N2O4. The number of anilines is 2. The number of carbonyl (C=O) groups is 2. The van der Waals surface area contributed by atoms with Crippen LogP contribution in [0.5, 0.6) is 11.5 Å². The average Bonchev–Trinajstić information content (AvgIpc) is 3.15. The van der Waals surface area contributed by atoms with Gasteiger partial charge in [-0.1, -0.05) is 50.1 Å². The summed E-state index contributed by atoms with van der Waals surface area (Å²) in [5.41, 5.74) is 2.85. The van der Waals surface area contributed by atoms with Crippen LogP contribution in [0.4, 0.5) is 24.5 Å². The van der Waals surface area contributed by atoms with E-state index in [4.69, 9.17) is 9.47 Å². The van der Waals surface area contributed by atoms with Crippen LogP contribution in [0.1, 0.15) is 74.1 Å². The molecular weight excluding hydrogens is 557 g/mol. The Balaban J connectivity index is 1.65. The molecule has 0 saturated carbocycles. The number of carbonyl (C=O) groups excluding carboxylic acids is 2. The third kappa shape index (κ3) is 6.12. The van der Waals surface area contributed by atoms with Gasteiger partial charge < -0.3 is 14.8 Å². The van der Waals surface area contributed by atoms with Crippen LogP contribution in [0.25, 0.3) is 0 Å². The molecule has 1 amide bonds. The predicted octanol–water partition coefficient (Wildman–Crippen LogP) is 8.20. The molecule has 1 heterocycles. The number of unbranched alkanes of at least 4 members (excludes halogenated alkanes) is 2. The van der Waals surface area contributed by atoms with Crippen molar-refractivity contribution in [2.24, 2.45) is 0 Å². The monoisotopic (exact) mass is 592 g/mol. The molecule has 3 aromatic rings. The number of fused-ring (bicyclic) bond motifs is 1. The number of benzene rings is 3. The average molecular weight is 593 g/mol. The summed E-state index contributed by atoms with van der Waals surface area (Å²) >= 11 is 0. The maximum Gasteiger partial charge on any atom is 0.416 e. The minimum absolute atomic E-state index is 0.168. The molecule has 226 valence electrons. The highest BCUT2D eigenvalue weighted by atomic mass is 19.4. The third-order valence-corrected chi connectivity index (χ3v) is 8.18. The molecule has 0 saturated heterocycles. The highest BCUT2D eigenvalue weighted by Crippen LogP contribution is 2.48. The zero-order chi connectivity index (χ0) is 30.7. The van der Waals surface area contributed by atoms with E-state index in [-0.39, 0.29) is 30.4 Å². The normalized spacial score (nSPS) is 18.4. The smallest absolute Gasteiger partial charge is 0.416 e. The van der Waals surface area contributed by atoms with Gasteiger partial charge in [-0.25, -0.2) is 0 Å². The van der Waals surface area contributed by atoms with Crippen molar-refractivity contribution < 1.29 is 32.2 Å². The van der Waals surface area contributed by atoms with Crippen molar-refractivity contribution in [3.05, 3.63) is 94.7 Å². The summed E-state index contributed by atoms with van der Waals surface area (Å²) in [4.78, 5) is 29.7. The first-order chi connectivity index (χ1) is 20.7. The number of alkyl halides is 3. The van der Waals surface area contributed by atoms with Gasteiger partial charge in [0.1, 0.15) is 0 Å². The lowest BCUT2D eigenvalue weighted by Crippen LogP contribution is -2.38. The molecule has 0 aromatic heterocycles. The van der Waals surface area contributed by atoms with Crippen LogP contribution >= 0.6 is 0 Å². The summed E-state index contributed by atoms with van der Waals surface area (Å²) < 4.78 is 51.3. The number of hydrogen-bond acceptors (Lipinski definition) is 5. The van der Waals surface area contributed by atoms with Crippen molar-refractivity contribution in [1.82, 2.24) is 0 Å². The van der Waals surface area contributed by atoms with Crippen molar-refractivity contribution in [1.29, 1.82) is 0 Å². The number of ether oxygens (including phenoxy) is 2. The maximum absolute atomic E-state index is 14.2. The van der Waals surface area contributed by atoms with Gasteiger partial charge in [0, 0.05) is 24.1 Å². The van der Waals surface area contributed by atoms with Gasteiger partial charge in [0.15, 0.2) is 17.3 Å². The van der Waals surface area contributed by atoms with Gasteiger partial charge in [-0.15, -0.1) is 0 Å². The van der Waals surface area contributed by atoms with E-state index in [1.54, 1.807) is 25.2 Å². The lowest BCUT2D eigenvalue weighted by atomic mass is 9.78. The van der Waals surface area contributed by atoms with Crippen LogP contribution in [0.2, 0.25) is 0 Å². The molecule has 2 aliphatic rings. The zero-order valence-electron chi connectivity index (χ0n) is 24.5. The molecule has 5 rings (SSSR count). The van der Waals surface area contributed by atoms with E-state index in [9.17, 15) is 22.8 Å². The van der Waals surface area contributed by atoms with E-state index in [0.29, 0.717) is 52.5 Å². The molecule has 3 aromatic carbocycles. The standard InChI is InChI=1S/C34H35F3N2O4/c1-4-5-6-11-31(41)39-27-10-8-7-9-25(27)38-26-18-23(22-14-17-29(42-2)30(20-22)43-3)19-28(40)32(26)33(39)21-12-15-24(16-13-21)34(35,36)37/h7-10,12-17,20,23,33,38H,4-6,11,18-19H2,1-3H3/t23-,33+/m0/s1. The molecule has 9 heteroatoms.